The number of halogens is 1. The molecule has 2 amide bonds. The predicted octanol–water partition coefficient (Wildman–Crippen LogP) is 4.05. The summed E-state index contributed by atoms with van der Waals surface area (Å²) in [5.41, 5.74) is 6.06. The average Bonchev–Trinajstić information content (AvgIpc) is 3.50. The highest BCUT2D eigenvalue weighted by atomic mass is 19.1. The van der Waals surface area contributed by atoms with Crippen LogP contribution in [0.15, 0.2) is 79.7 Å². The van der Waals surface area contributed by atoms with Crippen molar-refractivity contribution in [2.75, 3.05) is 5.32 Å². The molecule has 0 aliphatic carbocycles. The van der Waals surface area contributed by atoms with Crippen molar-refractivity contribution < 1.29 is 27.9 Å². The van der Waals surface area contributed by atoms with E-state index in [2.05, 4.69) is 20.8 Å². The molecule has 0 saturated carbocycles. The van der Waals surface area contributed by atoms with Crippen molar-refractivity contribution in [1.29, 1.82) is 0 Å². The zero-order chi connectivity index (χ0) is 26.1. The number of carbonyl (C=O) groups is 1. The highest BCUT2D eigenvalue weighted by Crippen LogP contribution is 2.18. The number of guanidine groups is 1. The number of carbonyl (C=O) groups excluding carboxylic acids is 1. The number of nitrogens with zero attached hydrogens (tertiary/aromatic N) is 4. The Morgan fingerprint density at radius 2 is 1.42 bits per heavy atom. The summed E-state index contributed by atoms with van der Waals surface area (Å²) >= 11 is 0. The molecule has 184 valence electrons. The van der Waals surface area contributed by atoms with Crippen LogP contribution in [0, 0.1) is 26.0 Å². The van der Waals surface area contributed by atoms with Crippen LogP contribution < -0.4 is 16.4 Å². The Hall–Kier alpha value is -5.60. The molecule has 0 fully saturated rings. The van der Waals surface area contributed by atoms with Crippen LogP contribution in [0.5, 0.6) is 0 Å². The molecule has 0 unspecified atom stereocenters. The number of urea groups is 1. The van der Waals surface area contributed by atoms with E-state index in [0.29, 0.717) is 5.69 Å². The lowest BCUT2D eigenvalue weighted by Crippen LogP contribution is -2.39. The Bertz CT molecular complexity index is 1320. The normalized spacial score (nSPS) is 11.5. The maximum atomic E-state index is 13.0. The zero-order valence-corrected chi connectivity index (χ0v) is 18.0. The quantitative estimate of drug-likeness (QED) is 0.179. The van der Waals surface area contributed by atoms with E-state index in [4.69, 9.17) is 14.6 Å². The second-order valence-corrected chi connectivity index (χ2v) is 6.63. The first-order valence-corrected chi connectivity index (χ1v) is 9.79. The number of nitrogens with two attached hydrogens (primary N) is 1. The number of allylic oxidation sites excluding steroid dienone is 2. The molecule has 15 heteroatoms. The molecule has 0 bridgehead atoms. The maximum absolute atomic E-state index is 13.0. The Balaban J connectivity index is 1.76. The van der Waals surface area contributed by atoms with Crippen molar-refractivity contribution in [3.8, 4) is 0 Å². The average molecular weight is 497 g/mol. The second-order valence-electron chi connectivity index (χ2n) is 6.63. The van der Waals surface area contributed by atoms with Gasteiger partial charge in [-0.25, -0.2) is 9.18 Å². The number of rotatable bonds is 8. The van der Waals surface area contributed by atoms with Gasteiger partial charge in [-0.2, -0.15) is 0 Å². The van der Waals surface area contributed by atoms with E-state index in [1.165, 1.54) is 48.6 Å². The van der Waals surface area contributed by atoms with Gasteiger partial charge in [0.05, 0.1) is 17.8 Å². The lowest BCUT2D eigenvalue weighted by Gasteiger charge is -2.05. The van der Waals surface area contributed by atoms with Gasteiger partial charge in [-0.05, 0) is 60.7 Å². The van der Waals surface area contributed by atoms with E-state index >= 15 is 0 Å². The predicted molar refractivity (Wildman–Crippen MR) is 126 cm³/mol. The molecular formula is C21H16FN7O7. The molecule has 0 aliphatic heterocycles. The third-order valence-corrected chi connectivity index (χ3v) is 4.04. The molecule has 0 radical (unpaired) electrons. The number of nitro groups is 2. The highest BCUT2D eigenvalue weighted by Gasteiger charge is 2.11. The van der Waals surface area contributed by atoms with Gasteiger partial charge in [-0.1, -0.05) is 0 Å². The number of furan rings is 2. The molecule has 14 nitrogen and oxygen atoms in total. The third kappa shape index (κ3) is 7.48. The Morgan fingerprint density at radius 3 is 1.89 bits per heavy atom. The molecule has 36 heavy (non-hydrogen) atoms. The summed E-state index contributed by atoms with van der Waals surface area (Å²) in [5, 5.41) is 33.7. The monoisotopic (exact) mass is 497 g/mol. The van der Waals surface area contributed by atoms with E-state index in [9.17, 15) is 29.4 Å². The van der Waals surface area contributed by atoms with Crippen LogP contribution in [0.25, 0.3) is 12.2 Å². The van der Waals surface area contributed by atoms with Crippen LogP contribution in [0.4, 0.5) is 26.6 Å². The minimum atomic E-state index is -0.767. The molecule has 0 atom stereocenters. The third-order valence-electron chi connectivity index (χ3n) is 4.04. The number of amides is 2. The standard InChI is InChI=1S/C21H16FN7O7/c22-13-1-3-14(4-2-13)24-21(30)25-20(23)27-26-15(5-7-16-9-11-18(35-16)28(31)32)6-8-17-10-12-19(36-17)29(33)34/h1-12H,(H4,23,24,25,27,30)/b7-5+,8-6+. The first-order chi connectivity index (χ1) is 17.2. The molecule has 2 aromatic heterocycles. The van der Waals surface area contributed by atoms with Crippen molar-refractivity contribution in [2.24, 2.45) is 15.9 Å². The van der Waals surface area contributed by atoms with Crippen molar-refractivity contribution in [3.05, 3.63) is 98.2 Å². The Labute approximate surface area is 200 Å². The minimum absolute atomic E-state index is 0.0943. The fraction of sp³-hybridized carbons (Fsp3) is 0. The number of hydrogen-bond acceptors (Lipinski definition) is 9. The van der Waals surface area contributed by atoms with Crippen LogP contribution in [-0.4, -0.2) is 27.5 Å². The number of benzene rings is 1. The van der Waals surface area contributed by atoms with Crippen LogP contribution in [0.3, 0.4) is 0 Å². The van der Waals surface area contributed by atoms with E-state index < -0.39 is 39.4 Å². The summed E-state index contributed by atoms with van der Waals surface area (Å²) in [5.74, 6) is -1.56. The molecular weight excluding hydrogens is 481 g/mol. The van der Waals surface area contributed by atoms with Crippen molar-refractivity contribution in [3.63, 3.8) is 0 Å². The van der Waals surface area contributed by atoms with Gasteiger partial charge in [0.15, 0.2) is 0 Å². The first kappa shape index (κ1) is 25.0. The molecule has 1 aromatic carbocycles. The maximum Gasteiger partial charge on any atom is 0.433 e. The molecule has 0 spiro atoms. The SMILES string of the molecule is N/C(=N/N=C(/C=C/c1ccc([N+](=O)[O-])o1)/C=C/c1ccc([N+](=O)[O-])o1)NC(=O)Nc1ccc(F)cc1. The highest BCUT2D eigenvalue weighted by molar-refractivity contribution is 6.09. The summed E-state index contributed by atoms with van der Waals surface area (Å²) in [6, 6.07) is 9.25. The van der Waals surface area contributed by atoms with Crippen molar-refractivity contribution in [2.45, 2.75) is 0 Å². The zero-order valence-electron chi connectivity index (χ0n) is 18.0. The lowest BCUT2D eigenvalue weighted by molar-refractivity contribution is -0.402. The Morgan fingerprint density at radius 1 is 0.889 bits per heavy atom. The van der Waals surface area contributed by atoms with E-state index in [1.54, 1.807) is 0 Å². The van der Waals surface area contributed by atoms with Gasteiger partial charge >= 0.3 is 17.8 Å². The van der Waals surface area contributed by atoms with Crippen LogP contribution in [-0.2, 0) is 0 Å². The first-order valence-electron chi connectivity index (χ1n) is 9.79. The smallest absolute Gasteiger partial charge is 0.401 e. The van der Waals surface area contributed by atoms with E-state index in [-0.39, 0.29) is 17.2 Å². The van der Waals surface area contributed by atoms with Gasteiger partial charge in [0.25, 0.3) is 0 Å². The summed E-state index contributed by atoms with van der Waals surface area (Å²) in [7, 11) is 0. The van der Waals surface area contributed by atoms with E-state index in [1.807, 2.05) is 0 Å². The van der Waals surface area contributed by atoms with E-state index in [0.717, 1.165) is 24.3 Å². The van der Waals surface area contributed by atoms with Gasteiger partial charge in [-0.15, -0.1) is 10.2 Å². The summed E-state index contributed by atoms with van der Waals surface area (Å²) < 4.78 is 23.0. The topological polar surface area (TPSA) is 204 Å². The molecule has 0 aliphatic rings. The second kappa shape index (κ2) is 11.5. The summed E-state index contributed by atoms with van der Waals surface area (Å²) in [6.45, 7) is 0. The minimum Gasteiger partial charge on any atom is -0.401 e. The fourth-order valence-electron chi connectivity index (χ4n) is 2.47. The Kier molecular flexibility index (Phi) is 8.00. The van der Waals surface area contributed by atoms with Gasteiger partial charge < -0.3 is 19.9 Å². The largest absolute Gasteiger partial charge is 0.433 e. The number of nitrogens with one attached hydrogen (secondary N) is 2. The lowest BCUT2D eigenvalue weighted by atomic mass is 10.2. The van der Waals surface area contributed by atoms with Crippen molar-refractivity contribution >= 4 is 47.3 Å². The van der Waals surface area contributed by atoms with Gasteiger partial charge in [0.2, 0.25) is 5.96 Å². The number of hydrogen-bond donors (Lipinski definition) is 3. The van der Waals surface area contributed by atoms with Crippen molar-refractivity contribution in [1.82, 2.24) is 5.32 Å². The summed E-state index contributed by atoms with van der Waals surface area (Å²) in [6.07, 6.45) is 5.40. The molecule has 3 rings (SSSR count). The fourth-order valence-corrected chi connectivity index (χ4v) is 2.47. The van der Waals surface area contributed by atoms with Gasteiger partial charge in [0.1, 0.15) is 27.2 Å². The van der Waals surface area contributed by atoms with Crippen LogP contribution in [0.2, 0.25) is 0 Å². The molecule has 4 N–H and O–H groups in total. The molecule has 2 heterocycles. The summed E-state index contributed by atoms with van der Waals surface area (Å²) in [4.78, 5) is 32.1. The molecule has 3 aromatic rings. The molecule has 0 saturated heterocycles. The van der Waals surface area contributed by atoms with Crippen LogP contribution in [0.1, 0.15) is 11.5 Å². The number of anilines is 1. The van der Waals surface area contributed by atoms with Gasteiger partial charge in [-0.3, -0.25) is 25.5 Å². The van der Waals surface area contributed by atoms with Crippen LogP contribution >= 0.6 is 0 Å². The van der Waals surface area contributed by atoms with Gasteiger partial charge in [0, 0.05) is 5.69 Å².